The predicted octanol–water partition coefficient (Wildman–Crippen LogP) is 5.90. The van der Waals surface area contributed by atoms with Crippen molar-refractivity contribution in [1.29, 1.82) is 0 Å². The Hall–Kier alpha value is -3.23. The number of ether oxygens (including phenoxy) is 1. The molecular weight excluding hydrogens is 666 g/mol. The van der Waals surface area contributed by atoms with Crippen LogP contribution in [0.1, 0.15) is 51.5 Å². The standard InChI is InChI=1S/C31H34BIN2O8/c1-4-6-18(12-19-13-24(33)29(36)26(14-19)42-3)9-10-25-27-17(2)11-22-28(23(27)16-32(39)43-25)31(38)34(30(22)37)20-7-5-8-21(15-20)35(40)41/h5,7-8,12-15,22-23,25,28,36,39H,4,6,9-11,16H2,1-3H3/b18-12+/t22-,23+,25-,28-/m1/s1. The van der Waals surface area contributed by atoms with Gasteiger partial charge in [-0.3, -0.25) is 19.7 Å². The molecule has 0 spiro atoms. The van der Waals surface area contributed by atoms with Crippen molar-refractivity contribution in [2.45, 2.75) is 58.4 Å². The molecule has 12 heteroatoms. The fraction of sp³-hybridized carbons (Fsp3) is 0.419. The van der Waals surface area contributed by atoms with Crippen LogP contribution in [-0.4, -0.2) is 47.2 Å². The summed E-state index contributed by atoms with van der Waals surface area (Å²) in [6, 6.07) is 9.28. The number of hydrogen-bond donors (Lipinski definition) is 2. The predicted molar refractivity (Wildman–Crippen MR) is 171 cm³/mol. The van der Waals surface area contributed by atoms with Crippen LogP contribution >= 0.6 is 22.6 Å². The minimum absolute atomic E-state index is 0.106. The van der Waals surface area contributed by atoms with E-state index in [0.29, 0.717) is 28.6 Å². The van der Waals surface area contributed by atoms with Crippen LogP contribution in [0.5, 0.6) is 11.5 Å². The van der Waals surface area contributed by atoms with E-state index in [-0.39, 0.29) is 41.2 Å². The van der Waals surface area contributed by atoms with Crippen LogP contribution < -0.4 is 9.64 Å². The number of phenols is 1. The maximum Gasteiger partial charge on any atom is 0.455 e. The Labute approximate surface area is 264 Å². The lowest BCUT2D eigenvalue weighted by molar-refractivity contribution is -0.384. The zero-order chi connectivity index (χ0) is 31.0. The number of non-ortho nitro benzene ring substituents is 1. The molecule has 0 bridgehead atoms. The van der Waals surface area contributed by atoms with Gasteiger partial charge in [0, 0.05) is 12.1 Å². The van der Waals surface area contributed by atoms with Crippen molar-refractivity contribution in [1.82, 2.24) is 0 Å². The quantitative estimate of drug-likeness (QED) is 0.0824. The van der Waals surface area contributed by atoms with Crippen molar-refractivity contribution in [2.24, 2.45) is 17.8 Å². The van der Waals surface area contributed by atoms with Gasteiger partial charge in [0.2, 0.25) is 11.8 Å². The van der Waals surface area contributed by atoms with Crippen LogP contribution in [-0.2, 0) is 14.2 Å². The molecule has 2 N–H and O–H groups in total. The molecule has 2 amide bonds. The van der Waals surface area contributed by atoms with Crippen molar-refractivity contribution < 1.29 is 34.0 Å². The molecule has 2 fully saturated rings. The van der Waals surface area contributed by atoms with Gasteiger partial charge in [0.05, 0.1) is 39.2 Å². The molecule has 3 aliphatic rings. The summed E-state index contributed by atoms with van der Waals surface area (Å²) in [7, 11) is 0.436. The molecule has 5 rings (SSSR count). The minimum Gasteiger partial charge on any atom is -0.504 e. The van der Waals surface area contributed by atoms with Gasteiger partial charge in [-0.1, -0.05) is 36.6 Å². The first-order valence-corrected chi connectivity index (χ1v) is 15.5. The lowest BCUT2D eigenvalue weighted by Crippen LogP contribution is -2.46. The normalized spacial score (nSPS) is 23.9. The van der Waals surface area contributed by atoms with E-state index in [2.05, 4.69) is 35.6 Å². The highest BCUT2D eigenvalue weighted by Crippen LogP contribution is 2.51. The number of hydrogen-bond acceptors (Lipinski definition) is 8. The second-order valence-corrected chi connectivity index (χ2v) is 12.6. The van der Waals surface area contributed by atoms with E-state index in [0.717, 1.165) is 34.5 Å². The van der Waals surface area contributed by atoms with Crippen molar-refractivity contribution in [3.63, 3.8) is 0 Å². The molecule has 4 atom stereocenters. The Morgan fingerprint density at radius 2 is 2.00 bits per heavy atom. The number of carbonyl (C=O) groups excluding carboxylic acids is 2. The van der Waals surface area contributed by atoms with Crippen molar-refractivity contribution in [3.8, 4) is 11.5 Å². The molecule has 0 radical (unpaired) electrons. The average Bonchev–Trinajstić information content (AvgIpc) is 3.22. The number of nitro benzene ring substituents is 1. The number of phenolic OH excluding ortho intramolecular Hbond substituents is 1. The number of anilines is 1. The maximum atomic E-state index is 13.8. The summed E-state index contributed by atoms with van der Waals surface area (Å²) in [5.41, 5.74) is 4.06. The molecule has 2 heterocycles. The molecule has 2 saturated heterocycles. The molecule has 0 saturated carbocycles. The van der Waals surface area contributed by atoms with Crippen molar-refractivity contribution in [2.75, 3.05) is 12.0 Å². The molecule has 0 aromatic heterocycles. The van der Waals surface area contributed by atoms with Gasteiger partial charge in [-0.2, -0.15) is 0 Å². The number of imide groups is 1. The Balaban J connectivity index is 1.40. The summed E-state index contributed by atoms with van der Waals surface area (Å²) in [5, 5.41) is 32.4. The highest BCUT2D eigenvalue weighted by molar-refractivity contribution is 14.1. The van der Waals surface area contributed by atoms with E-state index >= 15 is 0 Å². The van der Waals surface area contributed by atoms with E-state index in [1.165, 1.54) is 36.9 Å². The van der Waals surface area contributed by atoms with Gasteiger partial charge in [-0.15, -0.1) is 0 Å². The average molecular weight is 700 g/mol. The van der Waals surface area contributed by atoms with Crippen molar-refractivity contribution in [3.05, 3.63) is 72.4 Å². The molecule has 226 valence electrons. The largest absolute Gasteiger partial charge is 0.504 e. The summed E-state index contributed by atoms with van der Waals surface area (Å²) in [4.78, 5) is 39.3. The molecule has 1 aliphatic carbocycles. The monoisotopic (exact) mass is 700 g/mol. The van der Waals surface area contributed by atoms with Crippen LogP contribution in [0.2, 0.25) is 6.32 Å². The van der Waals surface area contributed by atoms with E-state index in [1.54, 1.807) is 6.07 Å². The number of nitrogens with zero attached hydrogens (tertiary/aromatic N) is 2. The molecule has 0 unspecified atom stereocenters. The Kier molecular flexibility index (Phi) is 9.28. The van der Waals surface area contributed by atoms with Crippen LogP contribution in [0, 0.1) is 31.4 Å². The van der Waals surface area contributed by atoms with Crippen molar-refractivity contribution >= 4 is 59.0 Å². The van der Waals surface area contributed by atoms with Gasteiger partial charge in [0.15, 0.2) is 11.5 Å². The number of nitro groups is 1. The molecule has 10 nitrogen and oxygen atoms in total. The van der Waals surface area contributed by atoms with Gasteiger partial charge in [-0.05, 0) is 96.8 Å². The smallest absolute Gasteiger partial charge is 0.455 e. The molecule has 2 aliphatic heterocycles. The fourth-order valence-electron chi connectivity index (χ4n) is 6.90. The Morgan fingerprint density at radius 3 is 2.70 bits per heavy atom. The number of rotatable bonds is 9. The third-order valence-electron chi connectivity index (χ3n) is 8.69. The lowest BCUT2D eigenvalue weighted by Gasteiger charge is -2.42. The number of halogens is 1. The number of fused-ring (bicyclic) bond motifs is 3. The first-order chi connectivity index (χ1) is 20.5. The zero-order valence-electron chi connectivity index (χ0n) is 24.3. The second-order valence-electron chi connectivity index (χ2n) is 11.4. The lowest BCUT2D eigenvalue weighted by atomic mass is 9.58. The molecule has 2 aromatic rings. The van der Waals surface area contributed by atoms with E-state index < -0.39 is 30.0 Å². The summed E-state index contributed by atoms with van der Waals surface area (Å²) in [5.74, 6) is -1.86. The van der Waals surface area contributed by atoms with Crippen LogP contribution in [0.25, 0.3) is 6.08 Å². The Bertz CT molecular complexity index is 1530. The number of benzene rings is 2. The first-order valence-electron chi connectivity index (χ1n) is 14.4. The zero-order valence-corrected chi connectivity index (χ0v) is 26.4. The minimum atomic E-state index is -1.08. The maximum absolute atomic E-state index is 13.8. The third-order valence-corrected chi connectivity index (χ3v) is 9.51. The van der Waals surface area contributed by atoms with Crippen LogP contribution in [0.4, 0.5) is 11.4 Å². The van der Waals surface area contributed by atoms with Crippen LogP contribution in [0.15, 0.2) is 53.1 Å². The van der Waals surface area contributed by atoms with Gasteiger partial charge >= 0.3 is 7.12 Å². The molecular formula is C31H34BIN2O8. The highest BCUT2D eigenvalue weighted by Gasteiger charge is 2.57. The van der Waals surface area contributed by atoms with Gasteiger partial charge < -0.3 is 19.5 Å². The SMILES string of the molecule is CCC/C(=C\c1cc(I)c(O)c(OC)c1)CC[C@H]1OB(O)C[C@H]2C1=C(C)C[C@H]1C(=O)N(c3cccc([N+](=O)[O-])c3)C(=O)[C@H]12. The number of aromatic hydroxyl groups is 1. The van der Waals surface area contributed by atoms with Gasteiger partial charge in [0.1, 0.15) is 0 Å². The van der Waals surface area contributed by atoms with E-state index in [1.807, 2.05) is 13.0 Å². The third kappa shape index (κ3) is 6.09. The first kappa shape index (κ1) is 31.2. The Morgan fingerprint density at radius 1 is 1.23 bits per heavy atom. The topological polar surface area (TPSA) is 139 Å². The summed E-state index contributed by atoms with van der Waals surface area (Å²) >= 11 is 2.08. The highest BCUT2D eigenvalue weighted by atomic mass is 127. The second kappa shape index (κ2) is 12.8. The van der Waals surface area contributed by atoms with E-state index in [9.17, 15) is 29.8 Å². The number of methoxy groups -OCH3 is 1. The molecule has 2 aromatic carbocycles. The van der Waals surface area contributed by atoms with Gasteiger partial charge in [-0.25, -0.2) is 4.90 Å². The summed E-state index contributed by atoms with van der Waals surface area (Å²) < 4.78 is 12.1. The summed E-state index contributed by atoms with van der Waals surface area (Å²) in [6.45, 7) is 4.07. The number of allylic oxidation sites excluding steroid dienone is 2. The van der Waals surface area contributed by atoms with Crippen LogP contribution in [0.3, 0.4) is 0 Å². The fourth-order valence-corrected chi connectivity index (χ4v) is 7.52. The number of amides is 2. The number of carbonyl (C=O) groups is 2. The molecule has 43 heavy (non-hydrogen) atoms. The van der Waals surface area contributed by atoms with E-state index in [4.69, 9.17) is 9.39 Å². The van der Waals surface area contributed by atoms with Gasteiger partial charge in [0.25, 0.3) is 5.69 Å². The summed E-state index contributed by atoms with van der Waals surface area (Å²) in [6.07, 6.45) is 5.35.